The zero-order valence-corrected chi connectivity index (χ0v) is 13.5. The summed E-state index contributed by atoms with van der Waals surface area (Å²) in [4.78, 5) is 0. The molecule has 0 radical (unpaired) electrons. The zero-order valence-electron chi connectivity index (χ0n) is 13.5. The van der Waals surface area contributed by atoms with Crippen molar-refractivity contribution in [2.45, 2.75) is 38.0 Å². The van der Waals surface area contributed by atoms with E-state index in [1.165, 1.54) is 18.2 Å². The van der Waals surface area contributed by atoms with Crippen LogP contribution in [0.1, 0.15) is 37.5 Å². The highest BCUT2D eigenvalue weighted by molar-refractivity contribution is 5.47. The quantitative estimate of drug-likeness (QED) is 0.785. The molecule has 3 N–H and O–H groups in total. The maximum absolute atomic E-state index is 13.1. The first-order valence-electron chi connectivity index (χ1n) is 7.30. The fourth-order valence-corrected chi connectivity index (χ4v) is 2.53. The van der Waals surface area contributed by atoms with E-state index in [1.54, 1.807) is 26.0 Å². The van der Waals surface area contributed by atoms with E-state index in [2.05, 4.69) is 0 Å². The van der Waals surface area contributed by atoms with Gasteiger partial charge in [0.2, 0.25) is 0 Å². The predicted octanol–water partition coefficient (Wildman–Crippen LogP) is 4.19. The molecule has 1 unspecified atom stereocenters. The van der Waals surface area contributed by atoms with Gasteiger partial charge in [0.1, 0.15) is 11.5 Å². The predicted molar refractivity (Wildman–Crippen MR) is 84.0 cm³/mol. The minimum Gasteiger partial charge on any atom is -0.508 e. The lowest BCUT2D eigenvalue weighted by atomic mass is 9.76. The van der Waals surface area contributed by atoms with Crippen LogP contribution in [-0.2, 0) is 11.0 Å². The summed E-state index contributed by atoms with van der Waals surface area (Å²) in [6.45, 7) is 4.16. The molecular formula is C18H19F3O3. The molecular weight excluding hydrogens is 321 g/mol. The highest BCUT2D eigenvalue weighted by Crippen LogP contribution is 2.44. The average molecular weight is 340 g/mol. The Morgan fingerprint density at radius 1 is 0.833 bits per heavy atom. The molecule has 0 fully saturated rings. The summed E-state index contributed by atoms with van der Waals surface area (Å²) >= 11 is 0. The summed E-state index contributed by atoms with van der Waals surface area (Å²) in [6.07, 6.45) is -4.93. The molecule has 0 spiro atoms. The largest absolute Gasteiger partial charge is 0.508 e. The van der Waals surface area contributed by atoms with Gasteiger partial charge in [-0.15, -0.1) is 0 Å². The van der Waals surface area contributed by atoms with Crippen LogP contribution in [0, 0.1) is 0 Å². The second-order valence-corrected chi connectivity index (χ2v) is 6.48. The van der Waals surface area contributed by atoms with Crippen LogP contribution in [0.3, 0.4) is 0 Å². The van der Waals surface area contributed by atoms with Gasteiger partial charge in [-0.25, -0.2) is 0 Å². The molecule has 0 aromatic heterocycles. The first-order chi connectivity index (χ1) is 10.9. The van der Waals surface area contributed by atoms with Crippen molar-refractivity contribution >= 4 is 0 Å². The van der Waals surface area contributed by atoms with Crippen molar-refractivity contribution < 1.29 is 28.5 Å². The molecule has 0 heterocycles. The third kappa shape index (κ3) is 3.06. The number of halogens is 3. The van der Waals surface area contributed by atoms with Crippen LogP contribution < -0.4 is 0 Å². The van der Waals surface area contributed by atoms with E-state index < -0.39 is 28.5 Å². The Balaban J connectivity index is 2.59. The van der Waals surface area contributed by atoms with Gasteiger partial charge < -0.3 is 15.3 Å². The van der Waals surface area contributed by atoms with Crippen LogP contribution in [0.2, 0.25) is 0 Å². The van der Waals surface area contributed by atoms with Gasteiger partial charge in [-0.05, 0) is 42.3 Å². The van der Waals surface area contributed by atoms with Crippen LogP contribution in [0.25, 0.3) is 0 Å². The van der Waals surface area contributed by atoms with Gasteiger partial charge in [0.05, 0.1) is 0 Å². The Hall–Kier alpha value is -2.21. The fraction of sp³-hybridized carbons (Fsp3) is 0.333. The van der Waals surface area contributed by atoms with E-state index >= 15 is 0 Å². The van der Waals surface area contributed by atoms with Crippen LogP contribution in [-0.4, -0.2) is 21.5 Å². The van der Waals surface area contributed by atoms with Gasteiger partial charge in [-0.3, -0.25) is 0 Å². The molecule has 0 bridgehead atoms. The minimum atomic E-state index is -4.93. The fourth-order valence-electron chi connectivity index (χ4n) is 2.53. The smallest absolute Gasteiger partial charge is 0.421 e. The molecule has 0 aliphatic carbocycles. The number of alkyl halides is 3. The molecule has 3 nitrogen and oxygen atoms in total. The van der Waals surface area contributed by atoms with Crippen molar-refractivity contribution in [2.75, 3.05) is 0 Å². The van der Waals surface area contributed by atoms with E-state index in [4.69, 9.17) is 0 Å². The SMILES string of the molecule is CC(C)(c1cccc(O)c1)c1ccc(O)c(C(C)(O)C(F)(F)F)c1. The van der Waals surface area contributed by atoms with Gasteiger partial charge in [0, 0.05) is 11.0 Å². The number of rotatable bonds is 3. The molecule has 2 aromatic carbocycles. The minimum absolute atomic E-state index is 0.0434. The first kappa shape index (κ1) is 18.1. The first-order valence-corrected chi connectivity index (χ1v) is 7.30. The molecule has 2 rings (SSSR count). The van der Waals surface area contributed by atoms with Crippen molar-refractivity contribution in [1.29, 1.82) is 0 Å². The van der Waals surface area contributed by atoms with Crippen LogP contribution >= 0.6 is 0 Å². The van der Waals surface area contributed by atoms with E-state index in [0.29, 0.717) is 18.1 Å². The summed E-state index contributed by atoms with van der Waals surface area (Å²) in [5, 5.41) is 29.3. The van der Waals surface area contributed by atoms with Gasteiger partial charge in [0.15, 0.2) is 5.60 Å². The molecule has 0 aliphatic heterocycles. The van der Waals surface area contributed by atoms with Gasteiger partial charge in [-0.2, -0.15) is 13.2 Å². The lowest BCUT2D eigenvalue weighted by Gasteiger charge is -2.31. The number of phenols is 2. The standard InChI is InChI=1S/C18H19F3O3/c1-16(2,11-5-4-6-13(22)9-11)12-7-8-15(23)14(10-12)17(3,24)18(19,20)21/h4-10,22-24H,1-3H3. The molecule has 0 saturated heterocycles. The van der Waals surface area contributed by atoms with Crippen LogP contribution in [0.15, 0.2) is 42.5 Å². The number of phenolic OH excluding ortho intramolecular Hbond substituents is 2. The van der Waals surface area contributed by atoms with Crippen molar-refractivity contribution in [3.63, 3.8) is 0 Å². The Labute approximate surface area is 138 Å². The number of aliphatic hydroxyl groups is 1. The van der Waals surface area contributed by atoms with Gasteiger partial charge in [0.25, 0.3) is 0 Å². The number of hydrogen-bond acceptors (Lipinski definition) is 3. The lowest BCUT2D eigenvalue weighted by molar-refractivity contribution is -0.259. The molecule has 0 saturated carbocycles. The maximum Gasteiger partial charge on any atom is 0.421 e. The van der Waals surface area contributed by atoms with Crippen molar-refractivity contribution in [3.05, 3.63) is 59.2 Å². The van der Waals surface area contributed by atoms with E-state index in [1.807, 2.05) is 0 Å². The molecule has 130 valence electrons. The molecule has 2 aromatic rings. The molecule has 1 atom stereocenters. The van der Waals surface area contributed by atoms with Crippen molar-refractivity contribution in [2.24, 2.45) is 0 Å². The van der Waals surface area contributed by atoms with Crippen molar-refractivity contribution in [1.82, 2.24) is 0 Å². The summed E-state index contributed by atoms with van der Waals surface area (Å²) in [7, 11) is 0. The number of hydrogen-bond donors (Lipinski definition) is 3. The highest BCUT2D eigenvalue weighted by Gasteiger charge is 2.52. The summed E-state index contributed by atoms with van der Waals surface area (Å²) in [5.41, 5.74) is -3.39. The topological polar surface area (TPSA) is 60.7 Å². The summed E-state index contributed by atoms with van der Waals surface area (Å²) in [6, 6.07) is 10.2. The monoisotopic (exact) mass is 340 g/mol. The van der Waals surface area contributed by atoms with Gasteiger partial charge >= 0.3 is 6.18 Å². The maximum atomic E-state index is 13.1. The summed E-state index contributed by atoms with van der Waals surface area (Å²) in [5.74, 6) is -0.588. The second-order valence-electron chi connectivity index (χ2n) is 6.48. The third-order valence-corrected chi connectivity index (χ3v) is 4.36. The molecule has 6 heteroatoms. The average Bonchev–Trinajstić information content (AvgIpc) is 2.46. The summed E-state index contributed by atoms with van der Waals surface area (Å²) < 4.78 is 39.3. The Kier molecular flexibility index (Phi) is 4.31. The van der Waals surface area contributed by atoms with Crippen molar-refractivity contribution in [3.8, 4) is 11.5 Å². The highest BCUT2D eigenvalue weighted by atomic mass is 19.4. The number of aromatic hydroxyl groups is 2. The van der Waals surface area contributed by atoms with E-state index in [9.17, 15) is 28.5 Å². The molecule has 24 heavy (non-hydrogen) atoms. The molecule has 0 aliphatic rings. The third-order valence-electron chi connectivity index (χ3n) is 4.36. The Morgan fingerprint density at radius 3 is 1.96 bits per heavy atom. The second kappa shape index (κ2) is 5.70. The normalized spacial score (nSPS) is 15.1. The van der Waals surface area contributed by atoms with E-state index in [0.717, 1.165) is 12.1 Å². The number of benzene rings is 2. The van der Waals surface area contributed by atoms with Gasteiger partial charge in [-0.1, -0.05) is 32.0 Å². The molecule has 0 amide bonds. The van der Waals surface area contributed by atoms with Crippen LogP contribution in [0.4, 0.5) is 13.2 Å². The zero-order chi connectivity index (χ0) is 18.3. The lowest BCUT2D eigenvalue weighted by Crippen LogP contribution is -2.39. The Morgan fingerprint density at radius 2 is 1.42 bits per heavy atom. The Bertz CT molecular complexity index is 749. The van der Waals surface area contributed by atoms with Crippen LogP contribution in [0.5, 0.6) is 11.5 Å². The van der Waals surface area contributed by atoms with E-state index in [-0.39, 0.29) is 5.75 Å².